The van der Waals surface area contributed by atoms with Crippen molar-refractivity contribution < 1.29 is 4.92 Å². The van der Waals surface area contributed by atoms with Crippen LogP contribution in [-0.2, 0) is 6.42 Å². The summed E-state index contributed by atoms with van der Waals surface area (Å²) < 4.78 is 0. The van der Waals surface area contributed by atoms with E-state index in [9.17, 15) is 10.1 Å². The summed E-state index contributed by atoms with van der Waals surface area (Å²) in [6.07, 6.45) is 3.06. The van der Waals surface area contributed by atoms with E-state index in [0.29, 0.717) is 29.7 Å². The van der Waals surface area contributed by atoms with E-state index < -0.39 is 4.92 Å². The van der Waals surface area contributed by atoms with E-state index in [-0.39, 0.29) is 0 Å². The number of hydrogen-bond acceptors (Lipinski definition) is 4. The van der Waals surface area contributed by atoms with Crippen molar-refractivity contribution in [3.63, 3.8) is 0 Å². The maximum Gasteiger partial charge on any atom is 0.253 e. The highest BCUT2D eigenvalue weighted by Crippen LogP contribution is 2.09. The average Bonchev–Trinajstić information content (AvgIpc) is 2.28. The minimum absolute atomic E-state index is 0.411. The fourth-order valence-corrected chi connectivity index (χ4v) is 1.46. The summed E-state index contributed by atoms with van der Waals surface area (Å²) in [6, 6.07) is 3.48. The standard InChI is InChI=1S/C12H16ClN3O2/c1-9(2)6-14-11(8-16(17)18)5-10-3-4-12(13)15-7-10/h3-4,7-9,14H,5-6H2,1-2H3/b11-8-. The van der Waals surface area contributed by atoms with Gasteiger partial charge in [0.1, 0.15) is 5.15 Å². The topological polar surface area (TPSA) is 68.1 Å². The maximum atomic E-state index is 10.6. The molecule has 1 N–H and O–H groups in total. The van der Waals surface area contributed by atoms with Crippen molar-refractivity contribution in [3.05, 3.63) is 51.1 Å². The van der Waals surface area contributed by atoms with Gasteiger partial charge in [0.25, 0.3) is 6.20 Å². The lowest BCUT2D eigenvalue weighted by atomic mass is 10.1. The zero-order chi connectivity index (χ0) is 13.5. The first-order valence-corrected chi connectivity index (χ1v) is 6.03. The third kappa shape index (κ3) is 5.63. The van der Waals surface area contributed by atoms with Gasteiger partial charge in [-0.15, -0.1) is 0 Å². The Labute approximate surface area is 111 Å². The first kappa shape index (κ1) is 14.4. The molecule has 0 spiro atoms. The Kier molecular flexibility index (Phi) is 5.58. The summed E-state index contributed by atoms with van der Waals surface area (Å²) in [5.41, 5.74) is 1.45. The summed E-state index contributed by atoms with van der Waals surface area (Å²) >= 11 is 5.69. The van der Waals surface area contributed by atoms with Gasteiger partial charge in [-0.2, -0.15) is 0 Å². The predicted molar refractivity (Wildman–Crippen MR) is 70.9 cm³/mol. The van der Waals surface area contributed by atoms with Gasteiger partial charge in [-0.05, 0) is 17.5 Å². The molecule has 1 heterocycles. The number of pyridine rings is 1. The van der Waals surface area contributed by atoms with Gasteiger partial charge in [0, 0.05) is 19.2 Å². The van der Waals surface area contributed by atoms with E-state index >= 15 is 0 Å². The largest absolute Gasteiger partial charge is 0.383 e. The molecule has 0 unspecified atom stereocenters. The fraction of sp³-hybridized carbons (Fsp3) is 0.417. The molecule has 0 aromatic carbocycles. The summed E-state index contributed by atoms with van der Waals surface area (Å²) in [7, 11) is 0. The zero-order valence-electron chi connectivity index (χ0n) is 10.4. The van der Waals surface area contributed by atoms with Crippen molar-refractivity contribution in [2.75, 3.05) is 6.54 Å². The van der Waals surface area contributed by atoms with E-state index in [2.05, 4.69) is 10.3 Å². The molecular formula is C12H16ClN3O2. The van der Waals surface area contributed by atoms with Crippen LogP contribution in [0.15, 0.2) is 30.2 Å². The van der Waals surface area contributed by atoms with Crippen LogP contribution in [0.5, 0.6) is 0 Å². The quantitative estimate of drug-likeness (QED) is 0.490. The van der Waals surface area contributed by atoms with Gasteiger partial charge >= 0.3 is 0 Å². The number of hydrogen-bond donors (Lipinski definition) is 1. The van der Waals surface area contributed by atoms with Crippen molar-refractivity contribution in [2.24, 2.45) is 5.92 Å². The van der Waals surface area contributed by atoms with E-state index in [4.69, 9.17) is 11.6 Å². The van der Waals surface area contributed by atoms with E-state index in [1.54, 1.807) is 18.3 Å². The Hall–Kier alpha value is -1.62. The first-order chi connectivity index (χ1) is 8.47. The number of allylic oxidation sites excluding steroid dienone is 1. The molecular weight excluding hydrogens is 254 g/mol. The summed E-state index contributed by atoms with van der Waals surface area (Å²) in [5, 5.41) is 14.0. The molecule has 1 aromatic rings. The number of rotatable bonds is 6. The number of nitro groups is 1. The normalized spacial score (nSPS) is 11.7. The van der Waals surface area contributed by atoms with Crippen LogP contribution in [0.3, 0.4) is 0 Å². The molecule has 0 saturated heterocycles. The smallest absolute Gasteiger partial charge is 0.253 e. The van der Waals surface area contributed by atoms with Crippen molar-refractivity contribution in [1.29, 1.82) is 0 Å². The van der Waals surface area contributed by atoms with Crippen LogP contribution in [-0.4, -0.2) is 16.5 Å². The van der Waals surface area contributed by atoms with Gasteiger partial charge in [-0.3, -0.25) is 10.1 Å². The lowest BCUT2D eigenvalue weighted by molar-refractivity contribution is -0.403. The van der Waals surface area contributed by atoms with Gasteiger partial charge in [-0.1, -0.05) is 31.5 Å². The monoisotopic (exact) mass is 269 g/mol. The molecule has 1 rings (SSSR count). The number of aromatic nitrogens is 1. The molecule has 0 aliphatic rings. The molecule has 0 aliphatic carbocycles. The number of nitrogens with zero attached hydrogens (tertiary/aromatic N) is 2. The molecule has 0 atom stereocenters. The van der Waals surface area contributed by atoms with Crippen LogP contribution in [0.4, 0.5) is 0 Å². The molecule has 0 fully saturated rings. The zero-order valence-corrected chi connectivity index (χ0v) is 11.1. The van der Waals surface area contributed by atoms with Crippen LogP contribution in [0.25, 0.3) is 0 Å². The Balaban J connectivity index is 2.72. The third-order valence-corrected chi connectivity index (χ3v) is 2.41. The minimum atomic E-state index is -0.452. The third-order valence-electron chi connectivity index (χ3n) is 2.18. The van der Waals surface area contributed by atoms with Crippen molar-refractivity contribution >= 4 is 11.6 Å². The molecule has 0 aliphatic heterocycles. The fourth-order valence-electron chi connectivity index (χ4n) is 1.35. The van der Waals surface area contributed by atoms with E-state index in [1.807, 2.05) is 13.8 Å². The molecule has 0 saturated carbocycles. The molecule has 98 valence electrons. The second-order valence-corrected chi connectivity index (χ2v) is 4.77. The van der Waals surface area contributed by atoms with Crippen LogP contribution >= 0.6 is 11.6 Å². The van der Waals surface area contributed by atoms with Crippen LogP contribution in [0.2, 0.25) is 5.15 Å². The lowest BCUT2D eigenvalue weighted by Crippen LogP contribution is -2.21. The average molecular weight is 270 g/mol. The van der Waals surface area contributed by atoms with Gasteiger partial charge < -0.3 is 5.32 Å². The Morgan fingerprint density at radius 3 is 2.83 bits per heavy atom. The van der Waals surface area contributed by atoms with E-state index in [0.717, 1.165) is 11.8 Å². The highest BCUT2D eigenvalue weighted by Gasteiger charge is 2.06. The molecule has 0 bridgehead atoms. The lowest BCUT2D eigenvalue weighted by Gasteiger charge is -2.10. The molecule has 0 amide bonds. The van der Waals surface area contributed by atoms with Crippen molar-refractivity contribution in [1.82, 2.24) is 10.3 Å². The Morgan fingerprint density at radius 1 is 1.61 bits per heavy atom. The predicted octanol–water partition coefficient (Wildman–Crippen LogP) is 2.64. The molecule has 5 nitrogen and oxygen atoms in total. The minimum Gasteiger partial charge on any atom is -0.383 e. The second-order valence-electron chi connectivity index (χ2n) is 4.38. The van der Waals surface area contributed by atoms with Crippen molar-refractivity contribution in [2.45, 2.75) is 20.3 Å². The number of nitrogens with one attached hydrogen (secondary N) is 1. The number of halogens is 1. The van der Waals surface area contributed by atoms with E-state index in [1.165, 1.54) is 0 Å². The van der Waals surface area contributed by atoms with Gasteiger partial charge in [0.05, 0.1) is 10.6 Å². The first-order valence-electron chi connectivity index (χ1n) is 5.66. The SMILES string of the molecule is CC(C)CN/C(=C\[N+](=O)[O-])Cc1ccc(Cl)nc1. The molecule has 18 heavy (non-hydrogen) atoms. The van der Waals surface area contributed by atoms with Crippen LogP contribution in [0, 0.1) is 16.0 Å². The Bertz CT molecular complexity index is 429. The maximum absolute atomic E-state index is 10.6. The Morgan fingerprint density at radius 2 is 2.33 bits per heavy atom. The molecule has 1 aromatic heterocycles. The highest BCUT2D eigenvalue weighted by molar-refractivity contribution is 6.29. The van der Waals surface area contributed by atoms with Gasteiger partial charge in [0.2, 0.25) is 0 Å². The van der Waals surface area contributed by atoms with Crippen LogP contribution < -0.4 is 5.32 Å². The summed E-state index contributed by atoms with van der Waals surface area (Å²) in [4.78, 5) is 14.0. The highest BCUT2D eigenvalue weighted by atomic mass is 35.5. The summed E-state index contributed by atoms with van der Waals surface area (Å²) in [6.45, 7) is 4.78. The second kappa shape index (κ2) is 6.96. The molecule has 6 heteroatoms. The van der Waals surface area contributed by atoms with Gasteiger partial charge in [0.15, 0.2) is 0 Å². The van der Waals surface area contributed by atoms with Gasteiger partial charge in [-0.25, -0.2) is 4.98 Å². The van der Waals surface area contributed by atoms with Crippen molar-refractivity contribution in [3.8, 4) is 0 Å². The van der Waals surface area contributed by atoms with Crippen LogP contribution in [0.1, 0.15) is 19.4 Å². The molecule has 0 radical (unpaired) electrons. The summed E-state index contributed by atoms with van der Waals surface area (Å²) in [5.74, 6) is 0.420.